The number of nitrogens with one attached hydrogen (secondary N) is 1. The second-order valence-electron chi connectivity index (χ2n) is 7.20. The molecule has 0 atom stereocenters. The summed E-state index contributed by atoms with van der Waals surface area (Å²) in [7, 11) is 6.13. The van der Waals surface area contributed by atoms with E-state index in [0.717, 1.165) is 54.7 Å². The summed E-state index contributed by atoms with van der Waals surface area (Å²) in [5.41, 5.74) is 2.49. The Morgan fingerprint density at radius 2 is 1.96 bits per heavy atom. The van der Waals surface area contributed by atoms with E-state index in [4.69, 9.17) is 9.97 Å². The van der Waals surface area contributed by atoms with Gasteiger partial charge in [0.2, 0.25) is 5.95 Å². The van der Waals surface area contributed by atoms with Crippen LogP contribution in [0.25, 0.3) is 16.6 Å². The van der Waals surface area contributed by atoms with Gasteiger partial charge in [-0.15, -0.1) is 0 Å². The fourth-order valence-corrected chi connectivity index (χ4v) is 2.91. The van der Waals surface area contributed by atoms with Crippen LogP contribution in [-0.4, -0.2) is 66.5 Å². The summed E-state index contributed by atoms with van der Waals surface area (Å²) in [4.78, 5) is 24.8. The molecule has 3 rings (SSSR count). The maximum absolute atomic E-state index is 11.0. The Morgan fingerprint density at radius 1 is 1.14 bits per heavy atom. The highest BCUT2D eigenvalue weighted by Gasteiger charge is 2.12. The highest BCUT2D eigenvalue weighted by Crippen LogP contribution is 2.26. The monoisotopic (exact) mass is 380 g/mol. The summed E-state index contributed by atoms with van der Waals surface area (Å²) in [5.74, 6) is 1.55. The van der Waals surface area contributed by atoms with Gasteiger partial charge < -0.3 is 19.7 Å². The Bertz CT molecular complexity index is 949. The number of aromatic nitrogens is 3. The Kier molecular flexibility index (Phi) is 6.26. The van der Waals surface area contributed by atoms with Gasteiger partial charge in [0.25, 0.3) is 0 Å². The summed E-state index contributed by atoms with van der Waals surface area (Å²) in [6, 6.07) is 7.89. The lowest BCUT2D eigenvalue weighted by molar-refractivity contribution is 0.112. The molecular weight excluding hydrogens is 352 g/mol. The quantitative estimate of drug-likeness (QED) is 0.576. The average molecular weight is 380 g/mol. The molecule has 1 N–H and O–H groups in total. The van der Waals surface area contributed by atoms with Gasteiger partial charge in [-0.1, -0.05) is 6.92 Å². The van der Waals surface area contributed by atoms with Gasteiger partial charge in [0.15, 0.2) is 6.29 Å². The normalized spacial score (nSPS) is 11.2. The van der Waals surface area contributed by atoms with E-state index in [1.807, 2.05) is 42.2 Å². The smallest absolute Gasteiger partial charge is 0.227 e. The molecule has 7 nitrogen and oxygen atoms in total. The topological polar surface area (TPSA) is 66.3 Å². The van der Waals surface area contributed by atoms with E-state index < -0.39 is 0 Å². The number of nitrogens with zero attached hydrogens (tertiary/aromatic N) is 5. The second-order valence-corrected chi connectivity index (χ2v) is 7.20. The largest absolute Gasteiger partial charge is 0.369 e. The van der Waals surface area contributed by atoms with Crippen LogP contribution in [0.4, 0.5) is 11.8 Å². The van der Waals surface area contributed by atoms with E-state index in [2.05, 4.69) is 36.1 Å². The highest BCUT2D eigenvalue weighted by molar-refractivity contribution is 5.91. The van der Waals surface area contributed by atoms with Gasteiger partial charge >= 0.3 is 0 Å². The van der Waals surface area contributed by atoms with Crippen LogP contribution in [-0.2, 0) is 0 Å². The number of hydrogen-bond donors (Lipinski definition) is 1. The van der Waals surface area contributed by atoms with E-state index >= 15 is 0 Å². The molecule has 148 valence electrons. The zero-order chi connectivity index (χ0) is 20.1. The predicted molar refractivity (Wildman–Crippen MR) is 115 cm³/mol. The van der Waals surface area contributed by atoms with Crippen molar-refractivity contribution in [3.63, 3.8) is 0 Å². The van der Waals surface area contributed by atoms with Crippen LogP contribution in [0.1, 0.15) is 23.7 Å². The summed E-state index contributed by atoms with van der Waals surface area (Å²) < 4.78 is 1.93. The van der Waals surface area contributed by atoms with Crippen molar-refractivity contribution in [3.05, 3.63) is 42.2 Å². The van der Waals surface area contributed by atoms with Gasteiger partial charge in [0, 0.05) is 55.7 Å². The third-order valence-corrected chi connectivity index (χ3v) is 4.59. The molecule has 3 aromatic rings. The first kappa shape index (κ1) is 19.8. The Labute approximate surface area is 166 Å². The number of carbonyl (C=O) groups is 1. The van der Waals surface area contributed by atoms with Crippen molar-refractivity contribution < 1.29 is 4.79 Å². The summed E-state index contributed by atoms with van der Waals surface area (Å²) >= 11 is 0. The lowest BCUT2D eigenvalue weighted by atomic mass is 10.2. The van der Waals surface area contributed by atoms with Crippen molar-refractivity contribution in [1.82, 2.24) is 19.4 Å². The third kappa shape index (κ3) is 4.48. The van der Waals surface area contributed by atoms with Crippen LogP contribution in [0.5, 0.6) is 0 Å². The van der Waals surface area contributed by atoms with Gasteiger partial charge in [-0.2, -0.15) is 4.98 Å². The van der Waals surface area contributed by atoms with Crippen molar-refractivity contribution in [2.24, 2.45) is 0 Å². The molecule has 2 aromatic heterocycles. The zero-order valence-corrected chi connectivity index (χ0v) is 17.0. The molecule has 0 aliphatic rings. The average Bonchev–Trinajstić information content (AvgIpc) is 3.18. The van der Waals surface area contributed by atoms with Crippen molar-refractivity contribution >= 4 is 29.0 Å². The lowest BCUT2D eigenvalue weighted by Gasteiger charge is -2.21. The molecular formula is C21H28N6O. The van der Waals surface area contributed by atoms with E-state index in [1.54, 1.807) is 6.07 Å². The van der Waals surface area contributed by atoms with Gasteiger partial charge in [-0.05, 0) is 44.8 Å². The summed E-state index contributed by atoms with van der Waals surface area (Å²) in [5, 5.41) is 4.42. The zero-order valence-electron chi connectivity index (χ0n) is 17.0. The minimum absolute atomic E-state index is 0.650. The van der Waals surface area contributed by atoms with Gasteiger partial charge in [-0.3, -0.25) is 4.79 Å². The minimum atomic E-state index is 0.650. The molecule has 1 aromatic carbocycles. The molecule has 0 spiro atoms. The maximum atomic E-state index is 11.0. The van der Waals surface area contributed by atoms with Crippen molar-refractivity contribution in [2.45, 2.75) is 13.3 Å². The Morgan fingerprint density at radius 3 is 2.64 bits per heavy atom. The second kappa shape index (κ2) is 8.84. The van der Waals surface area contributed by atoms with E-state index in [-0.39, 0.29) is 0 Å². The number of aldehydes is 1. The number of likely N-dealkylation sites (N-methyl/N-ethyl adjacent to an activating group) is 2. The fourth-order valence-electron chi connectivity index (χ4n) is 2.91. The summed E-state index contributed by atoms with van der Waals surface area (Å²) in [6.07, 6.45) is 5.57. The van der Waals surface area contributed by atoms with Crippen LogP contribution >= 0.6 is 0 Å². The predicted octanol–water partition coefficient (Wildman–Crippen LogP) is 3.05. The fraction of sp³-hybridized carbons (Fsp3) is 0.381. The SMILES string of the molecule is CCCNc1nc(N(C)CCN(C)C)nc2cc(-n3ccc(C=O)c3)ccc12. The van der Waals surface area contributed by atoms with Gasteiger partial charge in [0.05, 0.1) is 5.52 Å². The highest BCUT2D eigenvalue weighted by atomic mass is 16.1. The molecule has 28 heavy (non-hydrogen) atoms. The first-order valence-corrected chi connectivity index (χ1v) is 9.57. The molecule has 0 fully saturated rings. The number of anilines is 2. The van der Waals surface area contributed by atoms with Crippen molar-refractivity contribution in [2.75, 3.05) is 51.0 Å². The number of benzene rings is 1. The molecule has 0 aliphatic carbocycles. The van der Waals surface area contributed by atoms with Gasteiger partial charge in [-0.25, -0.2) is 4.98 Å². The number of carbonyl (C=O) groups excluding carboxylic acids is 1. The molecule has 0 bridgehead atoms. The number of fused-ring (bicyclic) bond motifs is 1. The van der Waals surface area contributed by atoms with Crippen LogP contribution in [0.3, 0.4) is 0 Å². The van der Waals surface area contributed by atoms with E-state index in [1.165, 1.54) is 0 Å². The molecule has 0 saturated heterocycles. The molecule has 0 amide bonds. The first-order valence-electron chi connectivity index (χ1n) is 9.57. The van der Waals surface area contributed by atoms with E-state index in [9.17, 15) is 4.79 Å². The summed E-state index contributed by atoms with van der Waals surface area (Å²) in [6.45, 7) is 4.75. The molecule has 0 saturated carbocycles. The Balaban J connectivity index is 2.02. The van der Waals surface area contributed by atoms with E-state index in [0.29, 0.717) is 11.5 Å². The number of hydrogen-bond acceptors (Lipinski definition) is 6. The van der Waals surface area contributed by atoms with Crippen LogP contribution in [0.15, 0.2) is 36.7 Å². The molecule has 2 heterocycles. The molecule has 7 heteroatoms. The first-order chi connectivity index (χ1) is 13.5. The van der Waals surface area contributed by atoms with Crippen LogP contribution < -0.4 is 10.2 Å². The van der Waals surface area contributed by atoms with Crippen molar-refractivity contribution in [3.8, 4) is 5.69 Å². The lowest BCUT2D eigenvalue weighted by Crippen LogP contribution is -2.29. The van der Waals surface area contributed by atoms with Gasteiger partial charge in [0.1, 0.15) is 5.82 Å². The maximum Gasteiger partial charge on any atom is 0.227 e. The third-order valence-electron chi connectivity index (χ3n) is 4.59. The minimum Gasteiger partial charge on any atom is -0.369 e. The number of rotatable bonds is 9. The van der Waals surface area contributed by atoms with Crippen LogP contribution in [0.2, 0.25) is 0 Å². The molecule has 0 radical (unpaired) electrons. The van der Waals surface area contributed by atoms with Crippen molar-refractivity contribution in [1.29, 1.82) is 0 Å². The molecule has 0 aliphatic heterocycles. The standard InChI is InChI=1S/C21H28N6O/c1-5-9-22-20-18-7-6-17(27-10-8-16(14-27)15-28)13-19(18)23-21(24-20)26(4)12-11-25(2)3/h6-8,10,13-15H,5,9,11-12H2,1-4H3,(H,22,23,24). The molecule has 0 unspecified atom stereocenters. The van der Waals surface area contributed by atoms with Crippen LogP contribution in [0, 0.1) is 0 Å². The Hall–Kier alpha value is -2.93.